The van der Waals surface area contributed by atoms with E-state index >= 15 is 0 Å². The number of cyclic esters (lactones) is 1. The summed E-state index contributed by atoms with van der Waals surface area (Å²) in [4.78, 5) is 54.2. The summed E-state index contributed by atoms with van der Waals surface area (Å²) in [6, 6.07) is 10.3. The number of halogens is 1. The molecule has 2 saturated carbocycles. The lowest BCUT2D eigenvalue weighted by Gasteiger charge is -2.61. The van der Waals surface area contributed by atoms with Gasteiger partial charge in [-0.05, 0) is 61.4 Å². The van der Waals surface area contributed by atoms with Gasteiger partial charge in [0.1, 0.15) is 24.0 Å². The molecule has 2 fully saturated rings. The smallest absolute Gasteiger partial charge is 0.397 e. The Morgan fingerprint density at radius 3 is 2.61 bits per heavy atom. The number of fused-ring (bicyclic) bond motifs is 6. The van der Waals surface area contributed by atoms with Crippen molar-refractivity contribution in [1.82, 2.24) is 10.3 Å². The van der Waals surface area contributed by atoms with Crippen LogP contribution in [0, 0.1) is 41.4 Å². The number of amides is 1. The maximum atomic E-state index is 13.1. The number of aromatic amines is 1. The highest BCUT2D eigenvalue weighted by Gasteiger charge is 2.70. The van der Waals surface area contributed by atoms with Crippen molar-refractivity contribution in [2.24, 2.45) is 41.4 Å². The average molecular weight is 695 g/mol. The first-order valence-corrected chi connectivity index (χ1v) is 17.2. The van der Waals surface area contributed by atoms with E-state index in [2.05, 4.69) is 10.3 Å². The third kappa shape index (κ3) is 6.32. The molecule has 4 aliphatic rings. The molecule has 12 heteroatoms. The Hall–Kier alpha value is -3.93. The predicted molar refractivity (Wildman–Crippen MR) is 178 cm³/mol. The van der Waals surface area contributed by atoms with Gasteiger partial charge in [0.05, 0.1) is 11.7 Å². The lowest BCUT2D eigenvalue weighted by molar-refractivity contribution is -0.180. The molecular formula is C37H43ClN2O9. The number of nitrogens with one attached hydrogen (secondary N) is 2. The number of aromatic nitrogens is 1. The second-order valence-electron chi connectivity index (χ2n) is 14.0. The number of aliphatic hydroxyl groups is 2. The number of allylic oxidation sites excluding steroid dienone is 1. The van der Waals surface area contributed by atoms with Gasteiger partial charge in [0.25, 0.3) is 0 Å². The second-order valence-corrected chi connectivity index (χ2v) is 14.4. The highest BCUT2D eigenvalue weighted by atomic mass is 35.5. The highest BCUT2D eigenvalue weighted by Crippen LogP contribution is 2.66. The molecule has 6 rings (SSSR count). The van der Waals surface area contributed by atoms with Crippen molar-refractivity contribution in [2.45, 2.75) is 77.1 Å². The van der Waals surface area contributed by atoms with Crippen LogP contribution in [-0.4, -0.2) is 69.0 Å². The summed E-state index contributed by atoms with van der Waals surface area (Å²) in [6.07, 6.45) is 4.44. The zero-order chi connectivity index (χ0) is 35.2. The number of aliphatic hydroxyl groups excluding tert-OH is 1. The minimum absolute atomic E-state index is 0.00632. The average Bonchev–Trinajstić information content (AvgIpc) is 3.66. The minimum atomic E-state index is -1.41. The molecule has 12 atom stereocenters. The van der Waals surface area contributed by atoms with E-state index in [4.69, 9.17) is 25.8 Å². The number of carbonyl (C=O) groups excluding carboxylic acids is 4. The Morgan fingerprint density at radius 1 is 1.14 bits per heavy atom. The van der Waals surface area contributed by atoms with Crippen molar-refractivity contribution >= 4 is 35.4 Å². The van der Waals surface area contributed by atoms with Crippen molar-refractivity contribution in [3.8, 4) is 0 Å². The van der Waals surface area contributed by atoms with E-state index in [9.17, 15) is 29.4 Å². The van der Waals surface area contributed by atoms with Gasteiger partial charge in [0.15, 0.2) is 0 Å². The van der Waals surface area contributed by atoms with Crippen LogP contribution in [-0.2, 0) is 35.1 Å². The van der Waals surface area contributed by atoms with Crippen molar-refractivity contribution < 1.29 is 43.6 Å². The number of ether oxygens (including phenoxy) is 3. The quantitative estimate of drug-likeness (QED) is 0.151. The molecule has 11 nitrogen and oxygen atoms in total. The van der Waals surface area contributed by atoms with Crippen molar-refractivity contribution in [2.75, 3.05) is 0 Å². The Labute approximate surface area is 290 Å². The highest BCUT2D eigenvalue weighted by molar-refractivity contribution is 6.33. The van der Waals surface area contributed by atoms with E-state index in [-0.39, 0.29) is 49.0 Å². The van der Waals surface area contributed by atoms with Crippen LogP contribution in [0.15, 0.2) is 66.4 Å². The fourth-order valence-corrected chi connectivity index (χ4v) is 8.93. The van der Waals surface area contributed by atoms with Gasteiger partial charge in [-0.2, -0.15) is 0 Å². The van der Waals surface area contributed by atoms with E-state index in [0.717, 1.165) is 0 Å². The van der Waals surface area contributed by atoms with Gasteiger partial charge < -0.3 is 34.7 Å². The molecule has 3 unspecified atom stereocenters. The summed E-state index contributed by atoms with van der Waals surface area (Å²) in [5.74, 6) is -5.48. The minimum Gasteiger partial charge on any atom is -0.458 e. The first-order valence-electron chi connectivity index (χ1n) is 16.9. The third-order valence-electron chi connectivity index (χ3n) is 11.2. The fourth-order valence-electron chi connectivity index (χ4n) is 8.73. The largest absolute Gasteiger partial charge is 0.458 e. The van der Waals surface area contributed by atoms with Crippen LogP contribution in [0.5, 0.6) is 0 Å². The summed E-state index contributed by atoms with van der Waals surface area (Å²) >= 11 is 6.15. The molecule has 1 aliphatic heterocycles. The summed E-state index contributed by atoms with van der Waals surface area (Å²) in [7, 11) is 0. The maximum absolute atomic E-state index is 13.1. The van der Waals surface area contributed by atoms with Crippen LogP contribution in [0.3, 0.4) is 0 Å². The molecule has 4 N–H and O–H groups in total. The van der Waals surface area contributed by atoms with Gasteiger partial charge in [0, 0.05) is 53.8 Å². The molecule has 2 heterocycles. The molecule has 0 bridgehead atoms. The number of rotatable bonds is 6. The molecule has 0 radical (unpaired) electrons. The molecule has 2 aromatic rings. The molecule has 0 saturated heterocycles. The van der Waals surface area contributed by atoms with Crippen molar-refractivity contribution in [3.05, 3.63) is 82.7 Å². The second kappa shape index (κ2) is 13.8. The topological polar surface area (TPSA) is 164 Å². The zero-order valence-electron chi connectivity index (χ0n) is 27.9. The van der Waals surface area contributed by atoms with Crippen molar-refractivity contribution in [1.29, 1.82) is 0 Å². The fraction of sp³-hybridized carbons (Fsp3) is 0.514. The summed E-state index contributed by atoms with van der Waals surface area (Å²) < 4.78 is 17.3. The van der Waals surface area contributed by atoms with Gasteiger partial charge >= 0.3 is 23.8 Å². The van der Waals surface area contributed by atoms with E-state index in [1.807, 2.05) is 32.1 Å². The molecule has 49 heavy (non-hydrogen) atoms. The van der Waals surface area contributed by atoms with Gasteiger partial charge in [-0.25, -0.2) is 9.59 Å². The van der Waals surface area contributed by atoms with Crippen LogP contribution < -0.4 is 5.32 Å². The SMILES string of the molecule is C/C1=C\[C@@H](C)[C@@H]([C@@H](C)OC(=O)C(=O)NCc2ccccc2Cl)OC(=O)CC[C@H]2C=CC3C(C4[C@H]3[C@H](OC(=O)c3ccc[nH]3)[C@H](C)[C@H]4O)[C@]12O. The number of esters is 3. The standard InChI is InChI=1S/C37H43ClN2O9/c1-18-16-19(2)37(46)23(11-13-24-28-29(30(24)37)31(42)20(3)33(28)49-35(44)26-10-7-15-39-26)12-14-27(41)48-32(18)21(4)47-36(45)34(43)40-17-22-8-5-6-9-25(22)38/h5-11,13,15-16,18,20-21,23-24,28-33,39,42,46H,12,14,17H2,1-4H3,(H,40,43)/b19-16+/t18-,20-,21-,23-,24?,28+,29?,30?,31-,32+,33-,37+/m1/s1. The van der Waals surface area contributed by atoms with Crippen LogP contribution in [0.25, 0.3) is 0 Å². The molecule has 0 spiro atoms. The summed E-state index contributed by atoms with van der Waals surface area (Å²) in [6.45, 7) is 7.08. The lowest BCUT2D eigenvalue weighted by atomic mass is 9.46. The van der Waals surface area contributed by atoms with E-state index in [1.165, 1.54) is 0 Å². The Morgan fingerprint density at radius 2 is 1.90 bits per heavy atom. The number of carbonyl (C=O) groups is 4. The third-order valence-corrected chi connectivity index (χ3v) is 11.5. The number of benzene rings is 1. The van der Waals surface area contributed by atoms with E-state index in [1.54, 1.807) is 56.4 Å². The predicted octanol–water partition coefficient (Wildman–Crippen LogP) is 4.14. The molecule has 1 amide bonds. The monoisotopic (exact) mass is 694 g/mol. The first-order chi connectivity index (χ1) is 23.3. The maximum Gasteiger partial charge on any atom is 0.397 e. The normalized spacial score (nSPS) is 36.7. The molecule has 262 valence electrons. The first kappa shape index (κ1) is 34.9. The Balaban J connectivity index is 1.19. The Kier molecular flexibility index (Phi) is 9.81. The Bertz CT molecular complexity index is 1660. The number of H-pyrrole nitrogens is 1. The van der Waals surface area contributed by atoms with E-state index in [0.29, 0.717) is 21.9 Å². The van der Waals surface area contributed by atoms with E-state index < -0.39 is 65.7 Å². The van der Waals surface area contributed by atoms with Crippen LogP contribution in [0.1, 0.15) is 56.6 Å². The van der Waals surface area contributed by atoms with Crippen LogP contribution >= 0.6 is 11.6 Å². The van der Waals surface area contributed by atoms with Gasteiger partial charge in [0.2, 0.25) is 0 Å². The summed E-state index contributed by atoms with van der Waals surface area (Å²) in [5.41, 5.74) is 0.205. The zero-order valence-corrected chi connectivity index (χ0v) is 28.6. The van der Waals surface area contributed by atoms with Gasteiger partial charge in [-0.1, -0.05) is 61.9 Å². The molecule has 1 aromatic carbocycles. The molecule has 1 aromatic heterocycles. The summed E-state index contributed by atoms with van der Waals surface area (Å²) in [5, 5.41) is 27.2. The van der Waals surface area contributed by atoms with Crippen LogP contribution in [0.2, 0.25) is 5.02 Å². The lowest BCUT2D eigenvalue weighted by Crippen LogP contribution is -2.64. The number of hydrogen-bond acceptors (Lipinski definition) is 9. The number of hydrogen-bond donors (Lipinski definition) is 4. The molecular weight excluding hydrogens is 652 g/mol. The van der Waals surface area contributed by atoms with Crippen LogP contribution in [0.4, 0.5) is 0 Å². The molecule has 3 aliphatic carbocycles. The van der Waals surface area contributed by atoms with Gasteiger partial charge in [-0.15, -0.1) is 0 Å². The van der Waals surface area contributed by atoms with Gasteiger partial charge in [-0.3, -0.25) is 9.59 Å². The van der Waals surface area contributed by atoms with Crippen molar-refractivity contribution in [3.63, 3.8) is 0 Å².